The molecule has 0 atom stereocenters. The molecule has 0 bridgehead atoms. The first-order valence-corrected chi connectivity index (χ1v) is 12.0. The lowest BCUT2D eigenvalue weighted by atomic mass is 9.77. The number of halogens is 6. The van der Waals surface area contributed by atoms with Crippen LogP contribution >= 0.6 is 0 Å². The van der Waals surface area contributed by atoms with Gasteiger partial charge in [0.15, 0.2) is 0 Å². The minimum Gasteiger partial charge on any atom is -0.406 e. The van der Waals surface area contributed by atoms with Gasteiger partial charge in [-0.15, -0.1) is 26.3 Å². The Labute approximate surface area is 226 Å². The third kappa shape index (κ3) is 7.34. The second-order valence-electron chi connectivity index (χ2n) is 9.04. The van der Waals surface area contributed by atoms with Gasteiger partial charge in [0.1, 0.15) is 11.5 Å². The van der Waals surface area contributed by atoms with Crippen molar-refractivity contribution in [3.05, 3.63) is 131 Å². The molecule has 0 saturated heterocycles. The maximum Gasteiger partial charge on any atom is 0.573 e. The number of alkyl halides is 6. The number of rotatable bonds is 8. The van der Waals surface area contributed by atoms with Crippen molar-refractivity contribution in [2.75, 3.05) is 0 Å². The Bertz CT molecular complexity index is 1390. The Morgan fingerprint density at radius 3 is 1.65 bits per heavy atom. The Morgan fingerprint density at radius 2 is 1.18 bits per heavy atom. The highest BCUT2D eigenvalue weighted by molar-refractivity contribution is 5.95. The number of carbonyl (C=O) groups excluding carboxylic acids is 1. The summed E-state index contributed by atoms with van der Waals surface area (Å²) in [6, 6.07) is 25.2. The van der Waals surface area contributed by atoms with Gasteiger partial charge in [-0.05, 0) is 60.0 Å². The number of nitrogens with one attached hydrogen (secondary N) is 1. The molecule has 0 radical (unpaired) electrons. The van der Waals surface area contributed by atoms with Crippen molar-refractivity contribution >= 4 is 5.91 Å². The van der Waals surface area contributed by atoms with E-state index in [1.54, 1.807) is 54.6 Å². The molecule has 40 heavy (non-hydrogen) atoms. The van der Waals surface area contributed by atoms with Crippen molar-refractivity contribution in [3.63, 3.8) is 0 Å². The van der Waals surface area contributed by atoms with Crippen LogP contribution < -0.4 is 14.8 Å². The van der Waals surface area contributed by atoms with Crippen LogP contribution in [0.4, 0.5) is 26.3 Å². The summed E-state index contributed by atoms with van der Waals surface area (Å²) in [6.45, 7) is 1.83. The second kappa shape index (κ2) is 11.3. The third-order valence-electron chi connectivity index (χ3n) is 6.07. The van der Waals surface area contributed by atoms with E-state index in [1.807, 2.05) is 6.92 Å². The van der Waals surface area contributed by atoms with E-state index in [1.165, 1.54) is 24.3 Å². The van der Waals surface area contributed by atoms with E-state index in [0.717, 1.165) is 29.8 Å². The summed E-state index contributed by atoms with van der Waals surface area (Å²) in [7, 11) is 0. The van der Waals surface area contributed by atoms with Crippen molar-refractivity contribution in [3.8, 4) is 11.5 Å². The minimum absolute atomic E-state index is 0.0314. The van der Waals surface area contributed by atoms with Crippen LogP contribution in [0.25, 0.3) is 0 Å². The molecule has 0 heterocycles. The van der Waals surface area contributed by atoms with Crippen LogP contribution in [-0.4, -0.2) is 18.6 Å². The van der Waals surface area contributed by atoms with Crippen molar-refractivity contribution in [1.82, 2.24) is 5.32 Å². The molecular weight excluding hydrogens is 536 g/mol. The van der Waals surface area contributed by atoms with Crippen LogP contribution in [0.1, 0.15) is 32.6 Å². The summed E-state index contributed by atoms with van der Waals surface area (Å²) in [6.07, 6.45) is -10.0. The summed E-state index contributed by atoms with van der Waals surface area (Å²) < 4.78 is 86.9. The molecule has 0 aromatic heterocycles. The van der Waals surface area contributed by atoms with Crippen molar-refractivity contribution < 1.29 is 40.6 Å². The minimum atomic E-state index is -4.99. The van der Waals surface area contributed by atoms with Gasteiger partial charge in [-0.1, -0.05) is 72.3 Å². The highest BCUT2D eigenvalue weighted by Crippen LogP contribution is 2.38. The molecule has 10 heteroatoms. The van der Waals surface area contributed by atoms with Crippen molar-refractivity contribution in [1.29, 1.82) is 0 Å². The molecule has 0 aliphatic heterocycles. The number of carbonyl (C=O) groups is 1. The third-order valence-corrected chi connectivity index (χ3v) is 6.07. The number of ether oxygens (including phenoxy) is 2. The Kier molecular flexibility index (Phi) is 8.08. The maximum absolute atomic E-state index is 13.6. The molecule has 4 aromatic rings. The second-order valence-corrected chi connectivity index (χ2v) is 9.04. The Balaban J connectivity index is 1.94. The lowest BCUT2D eigenvalue weighted by Crippen LogP contribution is -2.48. The first kappa shape index (κ1) is 28.5. The standard InChI is InChI=1S/C30H23F6NO3/c1-20-13-15-22(16-14-20)27(38)37-28(19-21-7-3-2-4-8-21,23-9-5-11-25(17-23)39-29(31,32)33)24-10-6-12-26(18-24)40-30(34,35)36/h2-18H,19H2,1H3,(H,37,38). The molecule has 0 saturated carbocycles. The summed E-state index contributed by atoms with van der Waals surface area (Å²) >= 11 is 0. The van der Waals surface area contributed by atoms with Gasteiger partial charge in [0.05, 0.1) is 5.54 Å². The van der Waals surface area contributed by atoms with E-state index in [0.29, 0.717) is 5.56 Å². The summed E-state index contributed by atoms with van der Waals surface area (Å²) in [5.41, 5.74) is 0.412. The zero-order valence-electron chi connectivity index (χ0n) is 21.0. The van der Waals surface area contributed by atoms with Crippen molar-refractivity contribution in [2.24, 2.45) is 0 Å². The van der Waals surface area contributed by atoms with E-state index in [4.69, 9.17) is 0 Å². The van der Waals surface area contributed by atoms with Gasteiger partial charge in [-0.3, -0.25) is 4.79 Å². The number of benzene rings is 4. The SMILES string of the molecule is Cc1ccc(C(=O)NC(Cc2ccccc2)(c2cccc(OC(F)(F)F)c2)c2cccc(OC(F)(F)F)c2)cc1. The molecular formula is C30H23F6NO3. The van der Waals surface area contributed by atoms with Crippen LogP contribution in [0.15, 0.2) is 103 Å². The maximum atomic E-state index is 13.6. The smallest absolute Gasteiger partial charge is 0.406 e. The molecule has 0 aliphatic carbocycles. The lowest BCUT2D eigenvalue weighted by molar-refractivity contribution is -0.275. The van der Waals surface area contributed by atoms with E-state index >= 15 is 0 Å². The monoisotopic (exact) mass is 559 g/mol. The average molecular weight is 560 g/mol. The molecule has 0 spiro atoms. The van der Waals surface area contributed by atoms with Gasteiger partial charge in [0, 0.05) is 12.0 Å². The number of amides is 1. The fraction of sp³-hybridized carbons (Fsp3) is 0.167. The van der Waals surface area contributed by atoms with E-state index in [-0.39, 0.29) is 23.1 Å². The first-order valence-electron chi connectivity index (χ1n) is 12.0. The van der Waals surface area contributed by atoms with Gasteiger partial charge >= 0.3 is 12.7 Å². The molecule has 0 unspecified atom stereocenters. The predicted octanol–water partition coefficient (Wildman–Crippen LogP) is 7.71. The highest BCUT2D eigenvalue weighted by atomic mass is 19.4. The predicted molar refractivity (Wildman–Crippen MR) is 136 cm³/mol. The molecule has 4 rings (SSSR count). The van der Waals surface area contributed by atoms with Crippen LogP contribution in [-0.2, 0) is 12.0 Å². The first-order chi connectivity index (χ1) is 18.8. The summed E-state index contributed by atoms with van der Waals surface area (Å²) in [5.74, 6) is -1.72. The molecule has 4 aromatic carbocycles. The van der Waals surface area contributed by atoms with E-state index in [9.17, 15) is 31.1 Å². The topological polar surface area (TPSA) is 47.6 Å². The molecule has 0 aliphatic rings. The molecule has 208 valence electrons. The normalized spacial score (nSPS) is 12.1. The van der Waals surface area contributed by atoms with Crippen LogP contribution in [0, 0.1) is 6.92 Å². The average Bonchev–Trinajstić information content (AvgIpc) is 2.87. The van der Waals surface area contributed by atoms with Gasteiger partial charge in [-0.25, -0.2) is 0 Å². The quantitative estimate of drug-likeness (QED) is 0.225. The Hall–Kier alpha value is -4.47. The molecule has 0 fully saturated rings. The highest BCUT2D eigenvalue weighted by Gasteiger charge is 2.39. The van der Waals surface area contributed by atoms with Gasteiger partial charge in [0.2, 0.25) is 0 Å². The fourth-order valence-electron chi connectivity index (χ4n) is 4.35. The zero-order valence-corrected chi connectivity index (χ0v) is 21.0. The molecule has 4 nitrogen and oxygen atoms in total. The summed E-state index contributed by atoms with van der Waals surface area (Å²) in [5, 5.41) is 2.91. The van der Waals surface area contributed by atoms with E-state index in [2.05, 4.69) is 14.8 Å². The fourth-order valence-corrected chi connectivity index (χ4v) is 4.35. The Morgan fingerprint density at radius 1 is 0.675 bits per heavy atom. The largest absolute Gasteiger partial charge is 0.573 e. The number of aryl methyl sites for hydroxylation is 1. The van der Waals surface area contributed by atoms with Gasteiger partial charge in [-0.2, -0.15) is 0 Å². The zero-order chi connectivity index (χ0) is 29.0. The van der Waals surface area contributed by atoms with Crippen LogP contribution in [0.2, 0.25) is 0 Å². The number of hydrogen-bond acceptors (Lipinski definition) is 3. The van der Waals surface area contributed by atoms with Crippen molar-refractivity contribution in [2.45, 2.75) is 31.6 Å². The number of hydrogen-bond donors (Lipinski definition) is 1. The molecule has 1 N–H and O–H groups in total. The van der Waals surface area contributed by atoms with Crippen LogP contribution in [0.3, 0.4) is 0 Å². The van der Waals surface area contributed by atoms with E-state index < -0.39 is 35.7 Å². The van der Waals surface area contributed by atoms with Crippen LogP contribution in [0.5, 0.6) is 11.5 Å². The molecule has 1 amide bonds. The van der Waals surface area contributed by atoms with Gasteiger partial charge in [0.25, 0.3) is 5.91 Å². The summed E-state index contributed by atoms with van der Waals surface area (Å²) in [4.78, 5) is 13.6. The van der Waals surface area contributed by atoms with Gasteiger partial charge < -0.3 is 14.8 Å². The lowest BCUT2D eigenvalue weighted by Gasteiger charge is -2.37.